The summed E-state index contributed by atoms with van der Waals surface area (Å²) in [6, 6.07) is -0.0852. The predicted molar refractivity (Wildman–Crippen MR) is 63.8 cm³/mol. The van der Waals surface area contributed by atoms with Crippen molar-refractivity contribution in [2.24, 2.45) is 11.7 Å². The highest BCUT2D eigenvalue weighted by molar-refractivity contribution is 7.89. The van der Waals surface area contributed by atoms with E-state index >= 15 is 0 Å². The van der Waals surface area contributed by atoms with Crippen molar-refractivity contribution < 1.29 is 8.42 Å². The molecule has 0 radical (unpaired) electrons. The number of rotatable bonds is 3. The minimum Gasteiger partial charge on any atom is -0.336 e. The Balaban J connectivity index is 2.25. The summed E-state index contributed by atoms with van der Waals surface area (Å²) in [5, 5.41) is 0.112. The maximum absolute atomic E-state index is 12.2. The minimum absolute atomic E-state index is 0.0852. The first kappa shape index (κ1) is 12.5. The van der Waals surface area contributed by atoms with Gasteiger partial charge in [-0.2, -0.15) is 4.31 Å². The number of hydrogen-bond donors (Lipinski definition) is 1. The number of sulfonamides is 1. The molecule has 2 N–H and O–H groups in total. The van der Waals surface area contributed by atoms with E-state index in [0.717, 1.165) is 0 Å². The number of nitrogens with zero attached hydrogens (tertiary/aromatic N) is 3. The van der Waals surface area contributed by atoms with Gasteiger partial charge in [0, 0.05) is 31.9 Å². The molecule has 96 valence electrons. The van der Waals surface area contributed by atoms with E-state index in [1.807, 2.05) is 13.8 Å². The van der Waals surface area contributed by atoms with Crippen molar-refractivity contribution in [3.05, 3.63) is 12.5 Å². The summed E-state index contributed by atoms with van der Waals surface area (Å²) in [7, 11) is -3.47. The summed E-state index contributed by atoms with van der Waals surface area (Å²) < 4.78 is 27.7. The third kappa shape index (κ3) is 2.22. The molecule has 1 saturated heterocycles. The maximum Gasteiger partial charge on any atom is 0.262 e. The normalized spacial score (nSPS) is 26.5. The summed E-state index contributed by atoms with van der Waals surface area (Å²) in [4.78, 5) is 3.95. The molecule has 0 aliphatic carbocycles. The Hall–Kier alpha value is -0.920. The van der Waals surface area contributed by atoms with E-state index in [1.165, 1.54) is 10.6 Å². The monoisotopic (exact) mass is 258 g/mol. The largest absolute Gasteiger partial charge is 0.336 e. The van der Waals surface area contributed by atoms with Gasteiger partial charge in [0.1, 0.15) is 0 Å². The second-order valence-corrected chi connectivity index (χ2v) is 6.39. The fourth-order valence-corrected chi connectivity index (χ4v) is 3.43. The maximum atomic E-state index is 12.2. The van der Waals surface area contributed by atoms with E-state index < -0.39 is 10.0 Å². The van der Waals surface area contributed by atoms with Crippen molar-refractivity contribution in [2.75, 3.05) is 13.1 Å². The molecule has 0 bridgehead atoms. The highest BCUT2D eigenvalue weighted by Crippen LogP contribution is 2.22. The number of imidazole rings is 1. The van der Waals surface area contributed by atoms with Crippen LogP contribution < -0.4 is 5.73 Å². The van der Waals surface area contributed by atoms with Crippen LogP contribution in [0.3, 0.4) is 0 Å². The first-order chi connectivity index (χ1) is 7.95. The number of aromatic nitrogens is 2. The molecule has 0 amide bonds. The Bertz CT molecular complexity index is 486. The Morgan fingerprint density at radius 2 is 2.24 bits per heavy atom. The zero-order valence-electron chi connectivity index (χ0n) is 10.1. The van der Waals surface area contributed by atoms with Crippen LogP contribution >= 0.6 is 0 Å². The van der Waals surface area contributed by atoms with Crippen LogP contribution in [-0.2, 0) is 16.6 Å². The Morgan fingerprint density at radius 3 is 2.71 bits per heavy atom. The SMILES string of the molecule is CCn1cnc(S(=O)(=O)N2CC(C)C(N)C2)c1. The highest BCUT2D eigenvalue weighted by atomic mass is 32.2. The second kappa shape index (κ2) is 4.40. The first-order valence-corrected chi connectivity index (χ1v) is 7.16. The molecule has 2 atom stereocenters. The topological polar surface area (TPSA) is 81.2 Å². The van der Waals surface area contributed by atoms with Gasteiger partial charge in [0.05, 0.1) is 6.33 Å². The molecule has 0 aromatic carbocycles. The van der Waals surface area contributed by atoms with E-state index in [2.05, 4.69) is 4.98 Å². The van der Waals surface area contributed by atoms with Crippen molar-refractivity contribution in [1.29, 1.82) is 0 Å². The van der Waals surface area contributed by atoms with Crippen molar-refractivity contribution in [1.82, 2.24) is 13.9 Å². The van der Waals surface area contributed by atoms with Gasteiger partial charge in [0.15, 0.2) is 5.03 Å². The molecular weight excluding hydrogens is 240 g/mol. The number of nitrogens with two attached hydrogens (primary N) is 1. The molecule has 1 aromatic heterocycles. The van der Waals surface area contributed by atoms with E-state index in [0.29, 0.717) is 19.6 Å². The minimum atomic E-state index is -3.47. The lowest BCUT2D eigenvalue weighted by Gasteiger charge is -2.13. The molecule has 2 unspecified atom stereocenters. The predicted octanol–water partition coefficient (Wildman–Crippen LogP) is -0.129. The molecule has 2 heterocycles. The third-order valence-corrected chi connectivity index (χ3v) is 4.93. The van der Waals surface area contributed by atoms with Crippen LogP contribution in [0.1, 0.15) is 13.8 Å². The van der Waals surface area contributed by atoms with E-state index in [4.69, 9.17) is 5.73 Å². The summed E-state index contributed by atoms with van der Waals surface area (Å²) in [6.07, 6.45) is 3.09. The molecule has 7 heteroatoms. The fraction of sp³-hybridized carbons (Fsp3) is 0.700. The van der Waals surface area contributed by atoms with Gasteiger partial charge < -0.3 is 10.3 Å². The fourth-order valence-electron chi connectivity index (χ4n) is 1.92. The van der Waals surface area contributed by atoms with E-state index in [1.54, 1.807) is 10.8 Å². The lowest BCUT2D eigenvalue weighted by atomic mass is 10.1. The molecular formula is C10H18N4O2S. The van der Waals surface area contributed by atoms with Gasteiger partial charge in [-0.1, -0.05) is 6.92 Å². The smallest absolute Gasteiger partial charge is 0.262 e. The molecule has 1 aromatic rings. The van der Waals surface area contributed by atoms with Crippen LogP contribution in [0.5, 0.6) is 0 Å². The summed E-state index contributed by atoms with van der Waals surface area (Å²) in [6.45, 7) is 5.46. The zero-order valence-corrected chi connectivity index (χ0v) is 10.9. The Labute approximate surface area is 101 Å². The van der Waals surface area contributed by atoms with Gasteiger partial charge in [-0.25, -0.2) is 13.4 Å². The van der Waals surface area contributed by atoms with Gasteiger partial charge in [0.2, 0.25) is 0 Å². The van der Waals surface area contributed by atoms with Gasteiger partial charge >= 0.3 is 0 Å². The quantitative estimate of drug-likeness (QED) is 0.819. The molecule has 1 fully saturated rings. The van der Waals surface area contributed by atoms with Crippen LogP contribution in [-0.4, -0.2) is 41.4 Å². The first-order valence-electron chi connectivity index (χ1n) is 5.72. The van der Waals surface area contributed by atoms with Crippen LogP contribution in [0, 0.1) is 5.92 Å². The summed E-state index contributed by atoms with van der Waals surface area (Å²) in [5.41, 5.74) is 5.84. The van der Waals surface area contributed by atoms with Crippen LogP contribution in [0.2, 0.25) is 0 Å². The van der Waals surface area contributed by atoms with Crippen molar-refractivity contribution >= 4 is 10.0 Å². The number of aryl methyl sites for hydroxylation is 1. The van der Waals surface area contributed by atoms with Gasteiger partial charge in [0.25, 0.3) is 10.0 Å². The zero-order chi connectivity index (χ0) is 12.6. The van der Waals surface area contributed by atoms with Crippen molar-refractivity contribution in [2.45, 2.75) is 31.5 Å². The average molecular weight is 258 g/mol. The second-order valence-electron chi connectivity index (χ2n) is 4.51. The van der Waals surface area contributed by atoms with Gasteiger partial charge in [-0.15, -0.1) is 0 Å². The standard InChI is InChI=1S/C10H18N4O2S/c1-3-13-6-10(12-7-13)17(15,16)14-4-8(2)9(11)5-14/h6-9H,3-5,11H2,1-2H3. The lowest BCUT2D eigenvalue weighted by Crippen LogP contribution is -2.32. The Kier molecular flexibility index (Phi) is 3.24. The summed E-state index contributed by atoms with van der Waals surface area (Å²) in [5.74, 6) is 0.193. The molecule has 1 aliphatic heterocycles. The van der Waals surface area contributed by atoms with Crippen molar-refractivity contribution in [3.8, 4) is 0 Å². The van der Waals surface area contributed by atoms with Crippen LogP contribution in [0.25, 0.3) is 0 Å². The van der Waals surface area contributed by atoms with Crippen LogP contribution in [0.4, 0.5) is 0 Å². The van der Waals surface area contributed by atoms with Crippen molar-refractivity contribution in [3.63, 3.8) is 0 Å². The Morgan fingerprint density at radius 1 is 1.53 bits per heavy atom. The molecule has 0 saturated carbocycles. The molecule has 6 nitrogen and oxygen atoms in total. The number of hydrogen-bond acceptors (Lipinski definition) is 4. The highest BCUT2D eigenvalue weighted by Gasteiger charge is 2.36. The molecule has 0 spiro atoms. The summed E-state index contributed by atoms with van der Waals surface area (Å²) >= 11 is 0. The lowest BCUT2D eigenvalue weighted by molar-refractivity contribution is 0.462. The van der Waals surface area contributed by atoms with Gasteiger partial charge in [-0.05, 0) is 12.8 Å². The third-order valence-electron chi connectivity index (χ3n) is 3.22. The molecule has 17 heavy (non-hydrogen) atoms. The average Bonchev–Trinajstić information content (AvgIpc) is 2.87. The molecule has 2 rings (SSSR count). The van der Waals surface area contributed by atoms with Crippen LogP contribution in [0.15, 0.2) is 17.6 Å². The molecule has 1 aliphatic rings. The van der Waals surface area contributed by atoms with Gasteiger partial charge in [-0.3, -0.25) is 0 Å². The van der Waals surface area contributed by atoms with E-state index in [9.17, 15) is 8.42 Å². The van der Waals surface area contributed by atoms with E-state index in [-0.39, 0.29) is 17.0 Å².